The number of halogens is 1. The highest BCUT2D eigenvalue weighted by atomic mass is 35.5. The van der Waals surface area contributed by atoms with E-state index in [9.17, 15) is 5.11 Å². The first-order chi connectivity index (χ1) is 12.2. The van der Waals surface area contributed by atoms with Crippen molar-refractivity contribution in [3.63, 3.8) is 0 Å². The van der Waals surface area contributed by atoms with Gasteiger partial charge in [0.2, 0.25) is 5.95 Å². The van der Waals surface area contributed by atoms with Crippen molar-refractivity contribution < 1.29 is 9.84 Å². The van der Waals surface area contributed by atoms with Crippen LogP contribution < -0.4 is 5.73 Å². The van der Waals surface area contributed by atoms with Crippen molar-refractivity contribution in [2.24, 2.45) is 5.92 Å². The zero-order valence-corrected chi connectivity index (χ0v) is 14.4. The Hall–Kier alpha value is -2.22. The fourth-order valence-electron chi connectivity index (χ4n) is 2.56. The second-order valence-electron chi connectivity index (χ2n) is 5.82. The molecule has 0 saturated carbocycles. The smallest absolute Gasteiger partial charge is 0.223 e. The van der Waals surface area contributed by atoms with E-state index in [0.29, 0.717) is 30.9 Å². The largest absolute Gasteiger partial charge is 0.396 e. The van der Waals surface area contributed by atoms with Gasteiger partial charge in [-0.1, -0.05) is 41.9 Å². The number of benzene rings is 1. The first kappa shape index (κ1) is 17.6. The van der Waals surface area contributed by atoms with Crippen LogP contribution in [0, 0.1) is 5.92 Å². The maximum atomic E-state index is 9.58. The number of nitrogens with two attached hydrogens (primary N) is 1. The van der Waals surface area contributed by atoms with Crippen molar-refractivity contribution >= 4 is 28.7 Å². The number of nitrogen functional groups attached to an aromatic ring is 1. The molecule has 3 rings (SSSR count). The van der Waals surface area contributed by atoms with Gasteiger partial charge in [-0.25, -0.2) is 4.98 Å². The van der Waals surface area contributed by atoms with Crippen molar-refractivity contribution in [2.75, 3.05) is 18.9 Å². The van der Waals surface area contributed by atoms with Crippen LogP contribution in [0.3, 0.4) is 0 Å². The van der Waals surface area contributed by atoms with Crippen molar-refractivity contribution in [1.82, 2.24) is 19.5 Å². The van der Waals surface area contributed by atoms with Crippen LogP contribution in [0.15, 0.2) is 36.7 Å². The second-order valence-corrected chi connectivity index (χ2v) is 6.18. The zero-order valence-electron chi connectivity index (χ0n) is 13.7. The quantitative estimate of drug-likeness (QED) is 0.597. The molecular formula is C17H20ClN5O2. The SMILES string of the molecule is Nc1nc(Cl)c2ncn(CC[C@@H](CO)COCc3ccccc3)c2n1. The molecule has 2 heterocycles. The van der Waals surface area contributed by atoms with Gasteiger partial charge in [0.15, 0.2) is 10.8 Å². The number of hydrogen-bond acceptors (Lipinski definition) is 6. The molecule has 0 fully saturated rings. The molecule has 25 heavy (non-hydrogen) atoms. The minimum Gasteiger partial charge on any atom is -0.396 e. The third kappa shape index (κ3) is 4.45. The Bertz CT molecular complexity index is 825. The van der Waals surface area contributed by atoms with Gasteiger partial charge in [-0.05, 0) is 12.0 Å². The molecule has 2 aromatic heterocycles. The second kappa shape index (κ2) is 8.24. The number of ether oxygens (including phenoxy) is 1. The lowest BCUT2D eigenvalue weighted by Crippen LogP contribution is -2.16. The van der Waals surface area contributed by atoms with Crippen molar-refractivity contribution in [2.45, 2.75) is 19.6 Å². The van der Waals surface area contributed by atoms with Gasteiger partial charge in [-0.2, -0.15) is 9.97 Å². The lowest BCUT2D eigenvalue weighted by molar-refractivity contribution is 0.0580. The Balaban J connectivity index is 1.56. The van der Waals surface area contributed by atoms with E-state index < -0.39 is 0 Å². The summed E-state index contributed by atoms with van der Waals surface area (Å²) < 4.78 is 7.58. The number of anilines is 1. The molecule has 8 heteroatoms. The van der Waals surface area contributed by atoms with Crippen molar-refractivity contribution in [3.8, 4) is 0 Å². The van der Waals surface area contributed by atoms with E-state index in [0.717, 1.165) is 12.0 Å². The molecule has 132 valence electrons. The van der Waals surface area contributed by atoms with Gasteiger partial charge in [-0.15, -0.1) is 0 Å². The van der Waals surface area contributed by atoms with E-state index in [1.807, 2.05) is 34.9 Å². The van der Waals surface area contributed by atoms with Gasteiger partial charge in [0.1, 0.15) is 5.52 Å². The molecule has 0 aliphatic heterocycles. The van der Waals surface area contributed by atoms with Crippen LogP contribution in [-0.4, -0.2) is 37.8 Å². The predicted octanol–water partition coefficient (Wildman–Crippen LogP) is 2.28. The molecule has 0 aliphatic rings. The van der Waals surface area contributed by atoms with E-state index >= 15 is 0 Å². The fourth-order valence-corrected chi connectivity index (χ4v) is 2.78. The maximum Gasteiger partial charge on any atom is 0.223 e. The monoisotopic (exact) mass is 361 g/mol. The molecule has 1 atom stereocenters. The van der Waals surface area contributed by atoms with Gasteiger partial charge in [-0.3, -0.25) is 0 Å². The summed E-state index contributed by atoms with van der Waals surface area (Å²) >= 11 is 6.03. The third-order valence-corrected chi connectivity index (χ3v) is 4.20. The average molecular weight is 362 g/mol. The molecule has 0 radical (unpaired) electrons. The van der Waals surface area contributed by atoms with Crippen molar-refractivity contribution in [1.29, 1.82) is 0 Å². The highest BCUT2D eigenvalue weighted by Crippen LogP contribution is 2.20. The normalized spacial score (nSPS) is 12.6. The number of hydrogen-bond donors (Lipinski definition) is 2. The van der Waals surface area contributed by atoms with Crippen LogP contribution in [0.25, 0.3) is 11.2 Å². The number of rotatable bonds is 8. The van der Waals surface area contributed by atoms with Crippen LogP contribution in [0.5, 0.6) is 0 Å². The highest BCUT2D eigenvalue weighted by molar-refractivity contribution is 6.33. The molecule has 0 saturated heterocycles. The molecule has 3 N–H and O–H groups in total. The molecule has 0 amide bonds. The topological polar surface area (TPSA) is 99.1 Å². The predicted molar refractivity (Wildman–Crippen MR) is 96.0 cm³/mol. The van der Waals surface area contributed by atoms with Gasteiger partial charge in [0.05, 0.1) is 19.5 Å². The van der Waals surface area contributed by atoms with Gasteiger partial charge < -0.3 is 20.1 Å². The maximum absolute atomic E-state index is 9.58. The first-order valence-electron chi connectivity index (χ1n) is 8.03. The summed E-state index contributed by atoms with van der Waals surface area (Å²) in [5.74, 6) is 0.139. The third-order valence-electron chi connectivity index (χ3n) is 3.94. The minimum atomic E-state index is 0.0239. The summed E-state index contributed by atoms with van der Waals surface area (Å²) in [5, 5.41) is 9.82. The van der Waals surface area contributed by atoms with E-state index in [4.69, 9.17) is 22.1 Å². The lowest BCUT2D eigenvalue weighted by Gasteiger charge is -2.15. The summed E-state index contributed by atoms with van der Waals surface area (Å²) in [7, 11) is 0. The molecule has 7 nitrogen and oxygen atoms in total. The van der Waals surface area contributed by atoms with Crippen LogP contribution in [0.4, 0.5) is 5.95 Å². The molecule has 3 aromatic rings. The van der Waals surface area contributed by atoms with Crippen LogP contribution in [-0.2, 0) is 17.9 Å². The lowest BCUT2D eigenvalue weighted by atomic mass is 10.1. The minimum absolute atomic E-state index is 0.0239. The Morgan fingerprint density at radius 2 is 2.04 bits per heavy atom. The number of nitrogens with zero attached hydrogens (tertiary/aromatic N) is 4. The number of imidazole rings is 1. The molecular weight excluding hydrogens is 342 g/mol. The summed E-state index contributed by atoms with van der Waals surface area (Å²) in [5.41, 5.74) is 7.88. The Labute approximate surface area is 150 Å². The first-order valence-corrected chi connectivity index (χ1v) is 8.41. The Kier molecular flexibility index (Phi) is 5.80. The Morgan fingerprint density at radius 3 is 2.80 bits per heavy atom. The summed E-state index contributed by atoms with van der Waals surface area (Å²) in [6.07, 6.45) is 2.38. The number of aliphatic hydroxyl groups excluding tert-OH is 1. The van der Waals surface area contributed by atoms with Crippen LogP contribution in [0.1, 0.15) is 12.0 Å². The molecule has 0 spiro atoms. The zero-order chi connectivity index (χ0) is 17.6. The molecule has 0 unspecified atom stereocenters. The van der Waals surface area contributed by atoms with Gasteiger partial charge in [0, 0.05) is 19.1 Å². The molecule has 1 aromatic carbocycles. The van der Waals surface area contributed by atoms with Crippen LogP contribution in [0.2, 0.25) is 5.15 Å². The Morgan fingerprint density at radius 1 is 1.24 bits per heavy atom. The van der Waals surface area contributed by atoms with Gasteiger partial charge >= 0.3 is 0 Å². The number of aromatic nitrogens is 4. The standard InChI is InChI=1S/C17H20ClN5O2/c18-15-14-16(22-17(19)21-15)23(11-20-14)7-6-13(8-24)10-25-9-12-4-2-1-3-5-12/h1-5,11,13,24H,6-10H2,(H2,19,21,22)/t13-/m0/s1. The summed E-state index contributed by atoms with van der Waals surface area (Å²) in [6.45, 7) is 1.70. The molecule has 0 aliphatic carbocycles. The summed E-state index contributed by atoms with van der Waals surface area (Å²) in [6, 6.07) is 9.95. The molecule has 0 bridgehead atoms. The van der Waals surface area contributed by atoms with E-state index in [1.165, 1.54) is 0 Å². The highest BCUT2D eigenvalue weighted by Gasteiger charge is 2.13. The van der Waals surface area contributed by atoms with E-state index in [-0.39, 0.29) is 23.6 Å². The summed E-state index contributed by atoms with van der Waals surface area (Å²) in [4.78, 5) is 12.3. The number of fused-ring (bicyclic) bond motifs is 1. The number of aryl methyl sites for hydroxylation is 1. The fraction of sp³-hybridized carbons (Fsp3) is 0.353. The van der Waals surface area contributed by atoms with Crippen LogP contribution >= 0.6 is 11.6 Å². The average Bonchev–Trinajstić information content (AvgIpc) is 3.02. The van der Waals surface area contributed by atoms with Gasteiger partial charge in [0.25, 0.3) is 0 Å². The number of aliphatic hydroxyl groups is 1. The van der Waals surface area contributed by atoms with E-state index in [2.05, 4.69) is 15.0 Å². The van der Waals surface area contributed by atoms with E-state index in [1.54, 1.807) is 6.33 Å². The van der Waals surface area contributed by atoms with Crippen molar-refractivity contribution in [3.05, 3.63) is 47.4 Å².